The molecule has 0 aromatic carbocycles. The van der Waals surface area contributed by atoms with Gasteiger partial charge in [0.1, 0.15) is 9.71 Å². The van der Waals surface area contributed by atoms with Gasteiger partial charge in [0, 0.05) is 19.0 Å². The lowest BCUT2D eigenvalue weighted by molar-refractivity contribution is 0.0968. The predicted octanol–water partition coefficient (Wildman–Crippen LogP) is 1.78. The molecule has 152 valence electrons. The Morgan fingerprint density at radius 1 is 1.21 bits per heavy atom. The van der Waals surface area contributed by atoms with E-state index in [0.29, 0.717) is 16.5 Å². The van der Waals surface area contributed by atoms with Crippen LogP contribution in [0.5, 0.6) is 12.0 Å². The summed E-state index contributed by atoms with van der Waals surface area (Å²) in [7, 11) is 4.58. The third-order valence-corrected chi connectivity index (χ3v) is 5.96. The molecular formula is C18H21N7O3S. The largest absolute Gasteiger partial charge is 0.467 e. The fourth-order valence-electron chi connectivity index (χ4n) is 3.43. The molecule has 0 saturated carbocycles. The van der Waals surface area contributed by atoms with Gasteiger partial charge in [-0.1, -0.05) is 0 Å². The highest BCUT2D eigenvalue weighted by atomic mass is 32.1. The normalized spacial score (nSPS) is 16.2. The maximum atomic E-state index is 12.0. The molecule has 29 heavy (non-hydrogen) atoms. The molecule has 1 saturated heterocycles. The first kappa shape index (κ1) is 19.1. The summed E-state index contributed by atoms with van der Waals surface area (Å²) in [5.74, 6) is 0.272. The first-order valence-corrected chi connectivity index (χ1v) is 9.89. The number of thiophene rings is 1. The number of rotatable bonds is 5. The van der Waals surface area contributed by atoms with Gasteiger partial charge in [-0.05, 0) is 25.0 Å². The van der Waals surface area contributed by atoms with E-state index in [1.54, 1.807) is 7.05 Å². The molecule has 1 fully saturated rings. The van der Waals surface area contributed by atoms with Crippen molar-refractivity contribution in [1.29, 1.82) is 0 Å². The highest BCUT2D eigenvalue weighted by Crippen LogP contribution is 2.38. The zero-order valence-corrected chi connectivity index (χ0v) is 17.1. The highest BCUT2D eigenvalue weighted by molar-refractivity contribution is 7.21. The molecule has 1 amide bonds. The fourth-order valence-corrected chi connectivity index (χ4v) is 4.48. The maximum Gasteiger partial charge on any atom is 0.324 e. The third-order valence-electron chi connectivity index (χ3n) is 4.85. The number of nitrogens with one attached hydrogen (secondary N) is 1. The molecule has 1 aliphatic heterocycles. The van der Waals surface area contributed by atoms with Gasteiger partial charge in [0.15, 0.2) is 0 Å². The number of nitrogens with two attached hydrogens (primary N) is 1. The van der Waals surface area contributed by atoms with Gasteiger partial charge in [-0.15, -0.1) is 16.3 Å². The van der Waals surface area contributed by atoms with E-state index in [-0.39, 0.29) is 24.0 Å². The number of anilines is 2. The van der Waals surface area contributed by atoms with E-state index in [4.69, 9.17) is 20.2 Å². The van der Waals surface area contributed by atoms with Crippen molar-refractivity contribution in [2.24, 2.45) is 0 Å². The van der Waals surface area contributed by atoms with Crippen LogP contribution in [0.25, 0.3) is 10.2 Å². The number of ether oxygens (including phenoxy) is 2. The Labute approximate surface area is 171 Å². The number of hydrogen-bond acceptors (Lipinski definition) is 10. The number of aromatic nitrogens is 4. The number of methoxy groups -OCH3 is 2. The Kier molecular flexibility index (Phi) is 5.05. The minimum Gasteiger partial charge on any atom is -0.467 e. The van der Waals surface area contributed by atoms with E-state index in [0.717, 1.165) is 35.3 Å². The third kappa shape index (κ3) is 3.37. The van der Waals surface area contributed by atoms with Gasteiger partial charge in [0.05, 0.1) is 31.6 Å². The van der Waals surface area contributed by atoms with E-state index in [2.05, 4.69) is 25.2 Å². The van der Waals surface area contributed by atoms with Crippen LogP contribution < -0.4 is 25.4 Å². The van der Waals surface area contributed by atoms with Crippen molar-refractivity contribution >= 4 is 39.1 Å². The molecule has 0 bridgehead atoms. The van der Waals surface area contributed by atoms with E-state index >= 15 is 0 Å². The van der Waals surface area contributed by atoms with Gasteiger partial charge >= 0.3 is 12.0 Å². The summed E-state index contributed by atoms with van der Waals surface area (Å²) in [6.07, 6.45) is 1.87. The lowest BCUT2D eigenvalue weighted by Gasteiger charge is -2.24. The Balaban J connectivity index is 1.72. The molecule has 0 aliphatic carbocycles. The monoisotopic (exact) mass is 415 g/mol. The first-order valence-electron chi connectivity index (χ1n) is 9.07. The topological polar surface area (TPSA) is 128 Å². The number of carbonyl (C=O) groups is 1. The number of nitrogens with zero attached hydrogens (tertiary/aromatic N) is 5. The molecule has 3 aromatic rings. The van der Waals surface area contributed by atoms with Crippen LogP contribution in [-0.2, 0) is 0 Å². The standard InChI is InChI=1S/C18H21N7O3S/c1-20-14(26)13-12(19)9-6-7-10(21-15(9)29-13)11-5-4-8-25(11)16-22-17(27-2)24-18(23-16)28-3/h6-7,11H,4-5,8,19H2,1-3H3,(H,20,26)/t11-/m0/s1. The van der Waals surface area contributed by atoms with Crippen molar-refractivity contribution < 1.29 is 14.3 Å². The van der Waals surface area contributed by atoms with Crippen molar-refractivity contribution in [2.75, 3.05) is 38.4 Å². The van der Waals surface area contributed by atoms with Crippen molar-refractivity contribution in [3.8, 4) is 12.0 Å². The molecule has 0 unspecified atom stereocenters. The number of pyridine rings is 1. The smallest absolute Gasteiger partial charge is 0.324 e. The predicted molar refractivity (Wildman–Crippen MR) is 110 cm³/mol. The van der Waals surface area contributed by atoms with Crippen LogP contribution in [0.1, 0.15) is 34.2 Å². The van der Waals surface area contributed by atoms with Crippen LogP contribution in [0, 0.1) is 0 Å². The molecule has 3 N–H and O–H groups in total. The average molecular weight is 415 g/mol. The van der Waals surface area contributed by atoms with Crippen molar-refractivity contribution in [3.05, 3.63) is 22.7 Å². The van der Waals surface area contributed by atoms with Crippen LogP contribution in [0.3, 0.4) is 0 Å². The zero-order valence-electron chi connectivity index (χ0n) is 16.3. The zero-order chi connectivity index (χ0) is 20.5. The van der Waals surface area contributed by atoms with Crippen molar-refractivity contribution in [2.45, 2.75) is 18.9 Å². The number of hydrogen-bond donors (Lipinski definition) is 2. The van der Waals surface area contributed by atoms with E-state index < -0.39 is 0 Å². The molecule has 4 heterocycles. The molecule has 10 nitrogen and oxygen atoms in total. The van der Waals surface area contributed by atoms with Gasteiger partial charge in [0.25, 0.3) is 5.91 Å². The van der Waals surface area contributed by atoms with Crippen LogP contribution in [0.4, 0.5) is 11.6 Å². The highest BCUT2D eigenvalue weighted by Gasteiger charge is 2.31. The molecular weight excluding hydrogens is 394 g/mol. The molecule has 3 aromatic heterocycles. The average Bonchev–Trinajstić information content (AvgIpc) is 3.37. The lowest BCUT2D eigenvalue weighted by Crippen LogP contribution is -2.25. The second-order valence-corrected chi connectivity index (χ2v) is 7.47. The van der Waals surface area contributed by atoms with E-state index in [1.165, 1.54) is 25.6 Å². The van der Waals surface area contributed by atoms with Crippen molar-refractivity contribution in [1.82, 2.24) is 25.3 Å². The summed E-state index contributed by atoms with van der Waals surface area (Å²) in [6, 6.07) is 4.24. The Morgan fingerprint density at radius 3 is 2.59 bits per heavy atom. The Bertz CT molecular complexity index is 1050. The fraction of sp³-hybridized carbons (Fsp3) is 0.389. The second kappa shape index (κ2) is 7.66. The lowest BCUT2D eigenvalue weighted by atomic mass is 10.1. The van der Waals surface area contributed by atoms with E-state index in [1.807, 2.05) is 12.1 Å². The molecule has 1 aliphatic rings. The summed E-state index contributed by atoms with van der Waals surface area (Å²) in [5.41, 5.74) is 7.48. The van der Waals surface area contributed by atoms with E-state index in [9.17, 15) is 4.79 Å². The molecule has 0 radical (unpaired) electrons. The van der Waals surface area contributed by atoms with Gasteiger partial charge in [-0.3, -0.25) is 4.79 Å². The van der Waals surface area contributed by atoms with Crippen molar-refractivity contribution in [3.63, 3.8) is 0 Å². The molecule has 4 rings (SSSR count). The number of carbonyl (C=O) groups excluding carboxylic acids is 1. The molecule has 11 heteroatoms. The van der Waals surface area contributed by atoms with Gasteiger partial charge in [-0.2, -0.15) is 9.97 Å². The quantitative estimate of drug-likeness (QED) is 0.640. The summed E-state index contributed by atoms with van der Waals surface area (Å²) >= 11 is 1.29. The van der Waals surface area contributed by atoms with Crippen LogP contribution >= 0.6 is 11.3 Å². The Hall–Kier alpha value is -3.21. The summed E-state index contributed by atoms with van der Waals surface area (Å²) in [6.45, 7) is 0.775. The minimum atomic E-state index is -0.209. The molecule has 0 spiro atoms. The van der Waals surface area contributed by atoms with Crippen LogP contribution in [0.15, 0.2) is 12.1 Å². The van der Waals surface area contributed by atoms with Crippen LogP contribution in [0.2, 0.25) is 0 Å². The Morgan fingerprint density at radius 2 is 1.93 bits per heavy atom. The summed E-state index contributed by atoms with van der Waals surface area (Å²) in [5, 5.41) is 3.40. The summed E-state index contributed by atoms with van der Waals surface area (Å²) < 4.78 is 10.3. The number of nitrogen functional groups attached to an aromatic ring is 1. The van der Waals surface area contributed by atoms with Gasteiger partial charge in [0.2, 0.25) is 5.95 Å². The van der Waals surface area contributed by atoms with Crippen LogP contribution in [-0.4, -0.2) is 53.7 Å². The SMILES string of the molecule is CNC(=O)c1sc2nc([C@@H]3CCCN3c3nc(OC)nc(OC)n3)ccc2c1N. The first-order chi connectivity index (χ1) is 14.0. The number of amides is 1. The molecule has 1 atom stereocenters. The van der Waals surface area contributed by atoms with Gasteiger partial charge < -0.3 is 25.4 Å². The maximum absolute atomic E-state index is 12.0. The number of fused-ring (bicyclic) bond motifs is 1. The van der Waals surface area contributed by atoms with Gasteiger partial charge in [-0.25, -0.2) is 4.98 Å². The second-order valence-electron chi connectivity index (χ2n) is 6.47. The minimum absolute atomic E-state index is 0.0111. The summed E-state index contributed by atoms with van der Waals surface area (Å²) in [4.78, 5) is 32.9.